The highest BCUT2D eigenvalue weighted by Gasteiger charge is 2.23. The molecule has 1 amide bonds. The Bertz CT molecular complexity index is 920. The Morgan fingerprint density at radius 3 is 2.50 bits per heavy atom. The predicted molar refractivity (Wildman–Crippen MR) is 98.7 cm³/mol. The van der Waals surface area contributed by atoms with Gasteiger partial charge in [0, 0.05) is 12.6 Å². The van der Waals surface area contributed by atoms with Crippen LogP contribution in [0.1, 0.15) is 26.5 Å². The van der Waals surface area contributed by atoms with E-state index in [2.05, 4.69) is 15.4 Å². The molecule has 0 atom stereocenters. The van der Waals surface area contributed by atoms with Crippen molar-refractivity contribution in [2.24, 2.45) is 7.05 Å². The number of carbonyl (C=O) groups is 1. The molecule has 0 unspecified atom stereocenters. The van der Waals surface area contributed by atoms with E-state index in [9.17, 15) is 4.79 Å². The molecule has 0 fully saturated rings. The summed E-state index contributed by atoms with van der Waals surface area (Å²) in [7, 11) is 1.82. The number of hydrogen-bond acceptors (Lipinski definition) is 5. The van der Waals surface area contributed by atoms with Crippen molar-refractivity contribution < 1.29 is 13.9 Å². The molecular weight excluding hydrogens is 332 g/mol. The molecule has 0 aliphatic carbocycles. The lowest BCUT2D eigenvalue weighted by Gasteiger charge is -2.19. The average Bonchev–Trinajstić information content (AvgIpc) is 3.09. The SMILES string of the molecule is Cc1cc(-c2nc(-c3ccccc3)c(NC(=O)OC(C)(C)C)o2)n(C)n1. The van der Waals surface area contributed by atoms with Crippen LogP contribution in [0.15, 0.2) is 40.8 Å². The molecule has 0 radical (unpaired) electrons. The van der Waals surface area contributed by atoms with Gasteiger partial charge in [-0.25, -0.2) is 9.78 Å². The van der Waals surface area contributed by atoms with Crippen LogP contribution in [0.2, 0.25) is 0 Å². The molecule has 3 rings (SSSR count). The number of nitrogens with one attached hydrogen (secondary N) is 1. The maximum atomic E-state index is 12.2. The number of rotatable bonds is 3. The number of aryl methyl sites for hydroxylation is 2. The van der Waals surface area contributed by atoms with Gasteiger partial charge >= 0.3 is 6.09 Å². The van der Waals surface area contributed by atoms with Gasteiger partial charge in [-0.3, -0.25) is 10.00 Å². The van der Waals surface area contributed by atoms with Gasteiger partial charge in [0.1, 0.15) is 17.0 Å². The number of benzene rings is 1. The van der Waals surface area contributed by atoms with E-state index >= 15 is 0 Å². The molecule has 0 saturated heterocycles. The molecule has 3 aromatic rings. The summed E-state index contributed by atoms with van der Waals surface area (Å²) < 4.78 is 12.9. The largest absolute Gasteiger partial charge is 0.444 e. The fourth-order valence-corrected chi connectivity index (χ4v) is 2.51. The highest BCUT2D eigenvalue weighted by molar-refractivity contribution is 5.88. The molecule has 0 spiro atoms. The van der Waals surface area contributed by atoms with Gasteiger partial charge in [0.05, 0.1) is 5.69 Å². The monoisotopic (exact) mass is 354 g/mol. The lowest BCUT2D eigenvalue weighted by Crippen LogP contribution is -2.27. The molecule has 2 aromatic heterocycles. The van der Waals surface area contributed by atoms with Gasteiger partial charge in [0.25, 0.3) is 0 Å². The number of oxazole rings is 1. The van der Waals surface area contributed by atoms with Crippen LogP contribution in [0.5, 0.6) is 0 Å². The number of amides is 1. The first-order chi connectivity index (χ1) is 12.2. The van der Waals surface area contributed by atoms with E-state index in [0.717, 1.165) is 17.0 Å². The smallest absolute Gasteiger partial charge is 0.414 e. The molecule has 1 N–H and O–H groups in total. The summed E-state index contributed by atoms with van der Waals surface area (Å²) in [5.41, 5.74) is 2.32. The lowest BCUT2D eigenvalue weighted by atomic mass is 10.1. The van der Waals surface area contributed by atoms with Gasteiger partial charge in [0.2, 0.25) is 11.8 Å². The second-order valence-corrected chi connectivity index (χ2v) is 6.98. The standard InChI is InChI=1S/C19H22N4O3/c1-12-11-14(23(5)22-12)16-20-15(13-9-7-6-8-10-13)17(25-16)21-18(24)26-19(2,3)4/h6-11H,1-5H3,(H,21,24). The Morgan fingerprint density at radius 2 is 1.92 bits per heavy atom. The maximum absolute atomic E-state index is 12.2. The summed E-state index contributed by atoms with van der Waals surface area (Å²) in [5, 5.41) is 6.98. The molecule has 136 valence electrons. The fourth-order valence-electron chi connectivity index (χ4n) is 2.51. The summed E-state index contributed by atoms with van der Waals surface area (Å²) in [6.45, 7) is 7.29. The Labute approximate surface area is 152 Å². The van der Waals surface area contributed by atoms with Crippen LogP contribution in [0.4, 0.5) is 10.7 Å². The molecule has 0 aliphatic heterocycles. The molecule has 2 heterocycles. The van der Waals surface area contributed by atoms with Gasteiger partial charge in [0.15, 0.2) is 0 Å². The molecular formula is C19H22N4O3. The van der Waals surface area contributed by atoms with Crippen LogP contribution in [0, 0.1) is 6.92 Å². The van der Waals surface area contributed by atoms with E-state index < -0.39 is 11.7 Å². The van der Waals surface area contributed by atoms with E-state index in [1.54, 1.807) is 25.5 Å². The molecule has 0 aliphatic rings. The van der Waals surface area contributed by atoms with Crippen molar-refractivity contribution in [3.8, 4) is 22.8 Å². The van der Waals surface area contributed by atoms with E-state index in [1.807, 2.05) is 50.4 Å². The van der Waals surface area contributed by atoms with E-state index in [4.69, 9.17) is 9.15 Å². The minimum absolute atomic E-state index is 0.235. The third-order valence-corrected chi connectivity index (χ3v) is 3.51. The number of nitrogens with zero attached hydrogens (tertiary/aromatic N) is 3. The minimum atomic E-state index is -0.612. The Hall–Kier alpha value is -3.09. The Balaban J connectivity index is 2.01. The normalized spacial score (nSPS) is 11.4. The first kappa shape index (κ1) is 17.7. The first-order valence-corrected chi connectivity index (χ1v) is 8.30. The van der Waals surface area contributed by atoms with E-state index in [0.29, 0.717) is 11.6 Å². The van der Waals surface area contributed by atoms with Gasteiger partial charge < -0.3 is 9.15 Å². The number of aromatic nitrogens is 3. The van der Waals surface area contributed by atoms with Crippen LogP contribution >= 0.6 is 0 Å². The van der Waals surface area contributed by atoms with Gasteiger partial charge in [-0.05, 0) is 33.8 Å². The molecule has 26 heavy (non-hydrogen) atoms. The Kier molecular flexibility index (Phi) is 4.54. The number of carbonyl (C=O) groups excluding carboxylic acids is 1. The van der Waals surface area contributed by atoms with Crippen molar-refractivity contribution in [1.29, 1.82) is 0 Å². The zero-order valence-electron chi connectivity index (χ0n) is 15.5. The fraction of sp³-hybridized carbons (Fsp3) is 0.316. The summed E-state index contributed by atoms with van der Waals surface area (Å²) in [5.74, 6) is 0.609. The maximum Gasteiger partial charge on any atom is 0.414 e. The third kappa shape index (κ3) is 3.93. The zero-order valence-corrected chi connectivity index (χ0v) is 15.5. The van der Waals surface area contributed by atoms with Crippen molar-refractivity contribution >= 4 is 12.0 Å². The van der Waals surface area contributed by atoms with Crippen molar-refractivity contribution in [3.05, 3.63) is 42.1 Å². The van der Waals surface area contributed by atoms with Crippen molar-refractivity contribution in [1.82, 2.24) is 14.8 Å². The summed E-state index contributed by atoms with van der Waals surface area (Å²) >= 11 is 0. The number of ether oxygens (including phenoxy) is 1. The third-order valence-electron chi connectivity index (χ3n) is 3.51. The highest BCUT2D eigenvalue weighted by atomic mass is 16.6. The molecule has 7 nitrogen and oxygen atoms in total. The molecule has 0 saturated carbocycles. The van der Waals surface area contributed by atoms with Gasteiger partial charge in [-0.15, -0.1) is 0 Å². The first-order valence-electron chi connectivity index (χ1n) is 8.30. The van der Waals surface area contributed by atoms with Crippen LogP contribution in [-0.4, -0.2) is 26.5 Å². The van der Waals surface area contributed by atoms with Gasteiger partial charge in [-0.1, -0.05) is 30.3 Å². The minimum Gasteiger partial charge on any atom is -0.444 e. The molecule has 0 bridgehead atoms. The van der Waals surface area contributed by atoms with Crippen molar-refractivity contribution in [3.63, 3.8) is 0 Å². The summed E-state index contributed by atoms with van der Waals surface area (Å²) in [6, 6.07) is 11.4. The molecule has 7 heteroatoms. The van der Waals surface area contributed by atoms with Crippen molar-refractivity contribution in [2.45, 2.75) is 33.3 Å². The molecule has 1 aromatic carbocycles. The van der Waals surface area contributed by atoms with Crippen LogP contribution in [0.25, 0.3) is 22.8 Å². The number of anilines is 1. The predicted octanol–water partition coefficient (Wildman–Crippen LogP) is 4.40. The summed E-state index contributed by atoms with van der Waals surface area (Å²) in [4.78, 5) is 16.8. The van der Waals surface area contributed by atoms with Gasteiger partial charge in [-0.2, -0.15) is 5.10 Å². The quantitative estimate of drug-likeness (QED) is 0.754. The second kappa shape index (κ2) is 6.67. The summed E-state index contributed by atoms with van der Waals surface area (Å²) in [6.07, 6.45) is -0.599. The van der Waals surface area contributed by atoms with Crippen LogP contribution in [0.3, 0.4) is 0 Å². The average molecular weight is 354 g/mol. The number of hydrogen-bond donors (Lipinski definition) is 1. The van der Waals surface area contributed by atoms with Crippen molar-refractivity contribution in [2.75, 3.05) is 5.32 Å². The van der Waals surface area contributed by atoms with E-state index in [-0.39, 0.29) is 5.88 Å². The zero-order chi connectivity index (χ0) is 18.9. The van der Waals surface area contributed by atoms with E-state index in [1.165, 1.54) is 0 Å². The Morgan fingerprint density at radius 1 is 1.23 bits per heavy atom. The highest BCUT2D eigenvalue weighted by Crippen LogP contribution is 2.33. The lowest BCUT2D eigenvalue weighted by molar-refractivity contribution is 0.0633. The second-order valence-electron chi connectivity index (χ2n) is 6.98. The topological polar surface area (TPSA) is 82.2 Å². The van der Waals surface area contributed by atoms with Crippen LogP contribution in [-0.2, 0) is 11.8 Å². The van der Waals surface area contributed by atoms with Crippen LogP contribution < -0.4 is 5.32 Å².